The molecule has 28 heavy (non-hydrogen) atoms. The van der Waals surface area contributed by atoms with Gasteiger partial charge in [0, 0.05) is 36.7 Å². The first-order valence-electron chi connectivity index (χ1n) is 10.4. The Morgan fingerprint density at radius 1 is 1.04 bits per heavy atom. The number of hydrogen-bond donors (Lipinski definition) is 0. The second kappa shape index (κ2) is 7.12. The van der Waals surface area contributed by atoms with Crippen molar-refractivity contribution in [3.8, 4) is 0 Å². The summed E-state index contributed by atoms with van der Waals surface area (Å²) in [7, 11) is -3.24. The number of hydrogen-bond acceptors (Lipinski definition) is 4. The van der Waals surface area contributed by atoms with E-state index in [1.54, 1.807) is 4.31 Å². The predicted octanol–water partition coefficient (Wildman–Crippen LogP) is 4.52. The molecule has 0 aliphatic carbocycles. The minimum absolute atomic E-state index is 0.00241. The molecule has 0 N–H and O–H groups in total. The van der Waals surface area contributed by atoms with Gasteiger partial charge in [-0.05, 0) is 16.4 Å². The van der Waals surface area contributed by atoms with Crippen molar-refractivity contribution in [2.75, 3.05) is 19.3 Å². The topological polar surface area (TPSA) is 53.0 Å². The highest BCUT2D eigenvalue weighted by Crippen LogP contribution is 2.48. The second-order valence-corrected chi connectivity index (χ2v) is 13.5. The van der Waals surface area contributed by atoms with Crippen LogP contribution in [0.3, 0.4) is 0 Å². The molecule has 0 aromatic heterocycles. The lowest BCUT2D eigenvalue weighted by molar-refractivity contribution is 0.283. The third-order valence-corrected chi connectivity index (χ3v) is 7.09. The van der Waals surface area contributed by atoms with Crippen LogP contribution in [0.4, 0.5) is 0 Å². The van der Waals surface area contributed by atoms with E-state index in [2.05, 4.69) is 67.2 Å². The van der Waals surface area contributed by atoms with Crippen LogP contribution in [0.2, 0.25) is 0 Å². The third-order valence-electron chi connectivity index (χ3n) is 5.68. The molecule has 0 bridgehead atoms. The maximum atomic E-state index is 12.4. The van der Waals surface area contributed by atoms with Gasteiger partial charge in [0.2, 0.25) is 10.0 Å². The van der Waals surface area contributed by atoms with Gasteiger partial charge in [-0.15, -0.1) is 0 Å². The number of aliphatic imine (C=N–C) groups is 1. The summed E-state index contributed by atoms with van der Waals surface area (Å²) in [6.45, 7) is 23.2. The zero-order valence-electron chi connectivity index (χ0n) is 19.8. The number of rotatable bonds is 3. The molecule has 0 aromatic carbocycles. The average Bonchev–Trinajstić information content (AvgIpc) is 2.84. The van der Waals surface area contributed by atoms with Crippen molar-refractivity contribution in [1.29, 1.82) is 0 Å². The molecule has 0 aromatic rings. The van der Waals surface area contributed by atoms with Crippen LogP contribution in [0.1, 0.15) is 75.7 Å². The molecule has 2 atom stereocenters. The molecule has 2 aliphatic heterocycles. The fourth-order valence-electron chi connectivity index (χ4n) is 4.63. The lowest BCUT2D eigenvalue weighted by atomic mass is 9.70. The van der Waals surface area contributed by atoms with E-state index >= 15 is 0 Å². The Hall–Kier alpha value is -0.880. The molecule has 0 spiro atoms. The summed E-state index contributed by atoms with van der Waals surface area (Å²) >= 11 is 0. The van der Waals surface area contributed by atoms with E-state index in [-0.39, 0.29) is 28.3 Å². The fraction of sp³-hybridized carbons (Fsp3) is 0.864. The van der Waals surface area contributed by atoms with Gasteiger partial charge in [-0.25, -0.2) is 8.42 Å². The summed E-state index contributed by atoms with van der Waals surface area (Å²) in [4.78, 5) is 7.65. The van der Waals surface area contributed by atoms with Crippen LogP contribution in [0.25, 0.3) is 0 Å². The quantitative estimate of drug-likeness (QED) is 0.686. The van der Waals surface area contributed by atoms with Crippen LogP contribution in [-0.4, -0.2) is 54.9 Å². The average molecular weight is 412 g/mol. The van der Waals surface area contributed by atoms with Crippen LogP contribution in [0.15, 0.2) is 16.3 Å². The first-order chi connectivity index (χ1) is 12.4. The number of nitrogens with zero attached hydrogens (tertiary/aromatic N) is 3. The lowest BCUT2D eigenvalue weighted by Gasteiger charge is -2.45. The van der Waals surface area contributed by atoms with Crippen molar-refractivity contribution < 1.29 is 8.42 Å². The smallest absolute Gasteiger partial charge is 0.211 e. The number of likely N-dealkylation sites (N-methyl/N-ethyl adjacent to an activating group) is 1. The van der Waals surface area contributed by atoms with E-state index in [0.29, 0.717) is 13.1 Å². The van der Waals surface area contributed by atoms with E-state index in [1.807, 2.05) is 6.92 Å². The fourth-order valence-corrected chi connectivity index (χ4v) is 5.78. The predicted molar refractivity (Wildman–Crippen MR) is 119 cm³/mol. The van der Waals surface area contributed by atoms with E-state index in [1.165, 1.54) is 17.5 Å². The number of amidine groups is 1. The Kier molecular flexibility index (Phi) is 5.95. The summed E-state index contributed by atoms with van der Waals surface area (Å²) in [5.74, 6) is 1.09. The van der Waals surface area contributed by atoms with Crippen LogP contribution in [0, 0.1) is 16.2 Å². The molecule has 2 aliphatic rings. The molecule has 2 heterocycles. The molecule has 2 rings (SSSR count). The monoisotopic (exact) mass is 411 g/mol. The van der Waals surface area contributed by atoms with E-state index in [9.17, 15) is 8.42 Å². The zero-order valence-corrected chi connectivity index (χ0v) is 20.7. The Morgan fingerprint density at radius 2 is 1.57 bits per heavy atom. The highest BCUT2D eigenvalue weighted by molar-refractivity contribution is 7.88. The van der Waals surface area contributed by atoms with Crippen LogP contribution < -0.4 is 0 Å². The van der Waals surface area contributed by atoms with E-state index in [4.69, 9.17) is 4.99 Å². The van der Waals surface area contributed by atoms with Gasteiger partial charge in [0.25, 0.3) is 0 Å². The zero-order chi connectivity index (χ0) is 21.9. The molecule has 5 nitrogen and oxygen atoms in total. The largest absolute Gasteiger partial charge is 0.332 e. The second-order valence-electron chi connectivity index (χ2n) is 11.5. The number of sulfonamides is 1. The molecule has 6 heteroatoms. The normalized spacial score (nSPS) is 24.7. The van der Waals surface area contributed by atoms with Crippen molar-refractivity contribution in [2.45, 2.75) is 87.7 Å². The Balaban J connectivity index is 2.70. The molecule has 162 valence electrons. The van der Waals surface area contributed by atoms with Crippen molar-refractivity contribution in [3.63, 3.8) is 0 Å². The van der Waals surface area contributed by atoms with Gasteiger partial charge in [-0.2, -0.15) is 4.31 Å². The van der Waals surface area contributed by atoms with Gasteiger partial charge in [0.1, 0.15) is 5.84 Å². The van der Waals surface area contributed by atoms with Crippen LogP contribution in [-0.2, 0) is 10.0 Å². The first-order valence-corrected chi connectivity index (χ1v) is 12.3. The van der Waals surface area contributed by atoms with Gasteiger partial charge >= 0.3 is 0 Å². The van der Waals surface area contributed by atoms with Gasteiger partial charge in [-0.1, -0.05) is 69.2 Å². The van der Waals surface area contributed by atoms with E-state index in [0.717, 1.165) is 12.3 Å². The summed E-state index contributed by atoms with van der Waals surface area (Å²) in [5, 5.41) is 0. The molecule has 2 unspecified atom stereocenters. The molecule has 0 amide bonds. The molecule has 0 saturated carbocycles. The van der Waals surface area contributed by atoms with Gasteiger partial charge in [-0.3, -0.25) is 4.99 Å². The molecule has 1 saturated heterocycles. The van der Waals surface area contributed by atoms with Crippen molar-refractivity contribution >= 4 is 15.9 Å². The number of fused-ring (bicyclic) bond motifs is 1. The lowest BCUT2D eigenvalue weighted by Crippen LogP contribution is -2.48. The van der Waals surface area contributed by atoms with Gasteiger partial charge in [0.05, 0.1) is 12.3 Å². The molecular formula is C22H41N3O2S. The highest BCUT2D eigenvalue weighted by Gasteiger charge is 2.48. The minimum Gasteiger partial charge on any atom is -0.332 e. The Bertz CT molecular complexity index is 774. The maximum Gasteiger partial charge on any atom is 0.211 e. The van der Waals surface area contributed by atoms with Crippen molar-refractivity contribution in [3.05, 3.63) is 11.3 Å². The van der Waals surface area contributed by atoms with E-state index < -0.39 is 10.0 Å². The standard InChI is InChI=1S/C22H41N3O2S/c1-12-25(28(11,26)27)15-13-16-17(20(2,3)4)18(21(5,6)7)23-19(22(8,9)10)24(16)14-15/h15,18H,12-14H2,1-11H3. The summed E-state index contributed by atoms with van der Waals surface area (Å²) in [6.07, 6.45) is 2.08. The molecule has 0 radical (unpaired) electrons. The molecule has 1 fully saturated rings. The summed E-state index contributed by atoms with van der Waals surface area (Å²) < 4.78 is 26.5. The van der Waals surface area contributed by atoms with Gasteiger partial charge in [0.15, 0.2) is 0 Å². The Labute approximate surface area is 173 Å². The maximum absolute atomic E-state index is 12.4. The Morgan fingerprint density at radius 3 is 1.93 bits per heavy atom. The summed E-state index contributed by atoms with van der Waals surface area (Å²) in [6, 6.07) is 0.0543. The summed E-state index contributed by atoms with van der Waals surface area (Å²) in [5.41, 5.74) is 2.52. The highest BCUT2D eigenvalue weighted by atomic mass is 32.2. The van der Waals surface area contributed by atoms with Gasteiger partial charge < -0.3 is 4.90 Å². The SMILES string of the molecule is CCN(C1CC2=C(C(C)(C)C)C(C(C)(C)C)N=C(C(C)(C)C)N2C1)S(C)(=O)=O. The first kappa shape index (κ1) is 23.4. The minimum atomic E-state index is -3.24. The third kappa shape index (κ3) is 4.48. The molecular weight excluding hydrogens is 370 g/mol. The van der Waals surface area contributed by atoms with Crippen LogP contribution >= 0.6 is 0 Å². The van der Waals surface area contributed by atoms with Crippen molar-refractivity contribution in [1.82, 2.24) is 9.21 Å². The van der Waals surface area contributed by atoms with Crippen molar-refractivity contribution in [2.24, 2.45) is 21.2 Å². The van der Waals surface area contributed by atoms with Crippen LogP contribution in [0.5, 0.6) is 0 Å².